The van der Waals surface area contributed by atoms with E-state index in [1.54, 1.807) is 12.1 Å². The Bertz CT molecular complexity index is 679. The van der Waals surface area contributed by atoms with E-state index in [1.165, 1.54) is 0 Å². The summed E-state index contributed by atoms with van der Waals surface area (Å²) in [6.07, 6.45) is 0.0389. The summed E-state index contributed by atoms with van der Waals surface area (Å²) >= 11 is 9.26. The molecule has 0 aromatic heterocycles. The predicted molar refractivity (Wildman–Crippen MR) is 93.6 cm³/mol. The van der Waals surface area contributed by atoms with Crippen LogP contribution < -0.4 is 5.32 Å². The summed E-state index contributed by atoms with van der Waals surface area (Å²) in [5.74, 6) is 0.0598. The molecule has 0 fully saturated rings. The summed E-state index contributed by atoms with van der Waals surface area (Å²) in [7, 11) is 0. The number of hydrogen-bond donors (Lipinski definition) is 2. The number of halogens is 2. The van der Waals surface area contributed by atoms with E-state index in [-0.39, 0.29) is 12.4 Å². The molecule has 2 rings (SSSR count). The first-order valence-corrected chi connectivity index (χ1v) is 8.33. The van der Waals surface area contributed by atoms with Crippen LogP contribution in [0.5, 0.6) is 5.75 Å². The minimum Gasteiger partial charge on any atom is -0.506 e. The highest BCUT2D eigenvalue weighted by Crippen LogP contribution is 2.36. The lowest BCUT2D eigenvalue weighted by Gasteiger charge is -2.19. The molecule has 2 aromatic rings. The fourth-order valence-electron chi connectivity index (χ4n) is 2.16. The first-order valence-electron chi connectivity index (χ1n) is 7.16. The normalized spacial score (nSPS) is 11.8. The molecule has 0 unspecified atom stereocenters. The molecule has 0 saturated heterocycles. The standard InChI is InChI=1S/C17H17BrClNO3/c1-2-15(13-8-12(19)9-14(18)16(13)21)20-17(22)23-10-11-6-4-3-5-7-11/h3-9,15,21H,2,10H2,1H3,(H,20,22)/t15-/m0/s1. The minimum absolute atomic E-state index is 0.0598. The molecule has 2 aromatic carbocycles. The van der Waals surface area contributed by atoms with Crippen LogP contribution >= 0.6 is 27.5 Å². The fourth-order valence-corrected chi connectivity index (χ4v) is 2.99. The Morgan fingerprint density at radius 3 is 2.70 bits per heavy atom. The lowest BCUT2D eigenvalue weighted by molar-refractivity contribution is 0.135. The van der Waals surface area contributed by atoms with Crippen LogP contribution in [0.3, 0.4) is 0 Å². The van der Waals surface area contributed by atoms with Crippen LogP contribution in [0.15, 0.2) is 46.9 Å². The van der Waals surface area contributed by atoms with Gasteiger partial charge in [-0.15, -0.1) is 0 Å². The number of phenols is 1. The molecular formula is C17H17BrClNO3. The molecule has 1 amide bonds. The number of carbonyl (C=O) groups is 1. The summed E-state index contributed by atoms with van der Waals surface area (Å²) in [4.78, 5) is 12.0. The van der Waals surface area contributed by atoms with Gasteiger partial charge >= 0.3 is 6.09 Å². The largest absolute Gasteiger partial charge is 0.506 e. The smallest absolute Gasteiger partial charge is 0.407 e. The number of nitrogens with one attached hydrogen (secondary N) is 1. The Hall–Kier alpha value is -1.72. The van der Waals surface area contributed by atoms with E-state index in [0.29, 0.717) is 21.5 Å². The zero-order chi connectivity index (χ0) is 16.8. The highest BCUT2D eigenvalue weighted by atomic mass is 79.9. The number of benzene rings is 2. The van der Waals surface area contributed by atoms with Crippen molar-refractivity contribution in [2.24, 2.45) is 0 Å². The molecule has 4 nitrogen and oxygen atoms in total. The van der Waals surface area contributed by atoms with Gasteiger partial charge in [-0.3, -0.25) is 0 Å². The fraction of sp³-hybridized carbons (Fsp3) is 0.235. The molecule has 0 heterocycles. The number of rotatable bonds is 5. The van der Waals surface area contributed by atoms with Gasteiger partial charge in [-0.25, -0.2) is 4.79 Å². The van der Waals surface area contributed by atoms with Crippen molar-refractivity contribution in [1.82, 2.24) is 5.32 Å². The van der Waals surface area contributed by atoms with Gasteiger partial charge in [0.25, 0.3) is 0 Å². The third-order valence-electron chi connectivity index (χ3n) is 3.35. The van der Waals surface area contributed by atoms with Crippen molar-refractivity contribution in [2.45, 2.75) is 26.0 Å². The third kappa shape index (κ3) is 4.88. The van der Waals surface area contributed by atoms with Crippen molar-refractivity contribution in [3.8, 4) is 5.75 Å². The second-order valence-electron chi connectivity index (χ2n) is 4.99. The van der Waals surface area contributed by atoms with E-state index in [2.05, 4.69) is 21.2 Å². The quantitative estimate of drug-likeness (QED) is 0.729. The zero-order valence-electron chi connectivity index (χ0n) is 12.6. The Balaban J connectivity index is 2.03. The topological polar surface area (TPSA) is 58.6 Å². The first-order chi connectivity index (χ1) is 11.0. The summed E-state index contributed by atoms with van der Waals surface area (Å²) in [6, 6.07) is 12.3. The van der Waals surface area contributed by atoms with Crippen LogP contribution in [0.2, 0.25) is 5.02 Å². The summed E-state index contributed by atoms with van der Waals surface area (Å²) in [5.41, 5.74) is 1.45. The van der Waals surface area contributed by atoms with Gasteiger partial charge in [0.15, 0.2) is 0 Å². The maximum atomic E-state index is 12.0. The van der Waals surface area contributed by atoms with Gasteiger partial charge in [-0.2, -0.15) is 0 Å². The Labute approximate surface area is 148 Å². The number of hydrogen-bond acceptors (Lipinski definition) is 3. The Kier molecular flexibility index (Phi) is 6.30. The molecule has 0 saturated carbocycles. The average Bonchev–Trinajstić information content (AvgIpc) is 2.55. The maximum Gasteiger partial charge on any atom is 0.407 e. The molecule has 0 aliphatic heterocycles. The van der Waals surface area contributed by atoms with Crippen molar-refractivity contribution in [2.75, 3.05) is 0 Å². The van der Waals surface area contributed by atoms with E-state index in [4.69, 9.17) is 16.3 Å². The van der Waals surface area contributed by atoms with Crippen molar-refractivity contribution >= 4 is 33.6 Å². The van der Waals surface area contributed by atoms with Gasteiger partial charge in [-0.1, -0.05) is 48.9 Å². The van der Waals surface area contributed by atoms with Gasteiger partial charge in [0.1, 0.15) is 12.4 Å². The summed E-state index contributed by atoms with van der Waals surface area (Å²) in [5, 5.41) is 13.4. The van der Waals surface area contributed by atoms with Crippen molar-refractivity contribution in [3.63, 3.8) is 0 Å². The summed E-state index contributed by atoms with van der Waals surface area (Å²) in [6.45, 7) is 2.09. The number of phenolic OH excluding ortho intramolecular Hbond substituents is 1. The molecule has 0 bridgehead atoms. The van der Waals surface area contributed by atoms with Crippen molar-refractivity contribution in [1.29, 1.82) is 0 Å². The van der Waals surface area contributed by atoms with E-state index in [9.17, 15) is 9.90 Å². The molecule has 1 atom stereocenters. The van der Waals surface area contributed by atoms with Crippen LogP contribution in [0.1, 0.15) is 30.5 Å². The monoisotopic (exact) mass is 397 g/mol. The van der Waals surface area contributed by atoms with Crippen LogP contribution in [0.25, 0.3) is 0 Å². The maximum absolute atomic E-state index is 12.0. The van der Waals surface area contributed by atoms with Gasteiger partial charge < -0.3 is 15.2 Å². The second kappa shape index (κ2) is 8.22. The van der Waals surface area contributed by atoms with Crippen LogP contribution in [-0.2, 0) is 11.3 Å². The van der Waals surface area contributed by atoms with Gasteiger partial charge in [0.2, 0.25) is 0 Å². The van der Waals surface area contributed by atoms with Gasteiger partial charge in [-0.05, 0) is 40.0 Å². The molecule has 0 spiro atoms. The molecule has 0 aliphatic rings. The van der Waals surface area contributed by atoms with Crippen molar-refractivity contribution in [3.05, 3.63) is 63.1 Å². The van der Waals surface area contributed by atoms with E-state index >= 15 is 0 Å². The number of alkyl carbamates (subject to hydrolysis) is 1. The number of ether oxygens (including phenoxy) is 1. The average molecular weight is 399 g/mol. The molecule has 2 N–H and O–H groups in total. The SMILES string of the molecule is CC[C@H](NC(=O)OCc1ccccc1)c1cc(Cl)cc(Br)c1O. The van der Waals surface area contributed by atoms with E-state index in [0.717, 1.165) is 5.56 Å². The van der Waals surface area contributed by atoms with E-state index < -0.39 is 12.1 Å². The Morgan fingerprint density at radius 2 is 2.04 bits per heavy atom. The minimum atomic E-state index is -0.545. The first kappa shape index (κ1) is 17.6. The third-order valence-corrected chi connectivity index (χ3v) is 4.17. The molecule has 23 heavy (non-hydrogen) atoms. The Morgan fingerprint density at radius 1 is 1.35 bits per heavy atom. The number of aromatic hydroxyl groups is 1. The van der Waals surface area contributed by atoms with Crippen molar-refractivity contribution < 1.29 is 14.6 Å². The highest BCUT2D eigenvalue weighted by Gasteiger charge is 2.19. The molecular weight excluding hydrogens is 382 g/mol. The van der Waals surface area contributed by atoms with Gasteiger partial charge in [0.05, 0.1) is 10.5 Å². The van der Waals surface area contributed by atoms with Crippen LogP contribution in [-0.4, -0.2) is 11.2 Å². The highest BCUT2D eigenvalue weighted by molar-refractivity contribution is 9.10. The lowest BCUT2D eigenvalue weighted by atomic mass is 10.0. The number of carbonyl (C=O) groups excluding carboxylic acids is 1. The lowest BCUT2D eigenvalue weighted by Crippen LogP contribution is -2.28. The molecule has 0 radical (unpaired) electrons. The van der Waals surface area contributed by atoms with Crippen LogP contribution in [0.4, 0.5) is 4.79 Å². The zero-order valence-corrected chi connectivity index (χ0v) is 14.9. The van der Waals surface area contributed by atoms with Crippen LogP contribution in [0, 0.1) is 0 Å². The number of amides is 1. The summed E-state index contributed by atoms with van der Waals surface area (Å²) < 4.78 is 5.69. The van der Waals surface area contributed by atoms with E-state index in [1.807, 2.05) is 37.3 Å². The molecule has 6 heteroatoms. The predicted octanol–water partition coefficient (Wildman–Crippen LogP) is 5.19. The second-order valence-corrected chi connectivity index (χ2v) is 6.28. The molecule has 122 valence electrons. The van der Waals surface area contributed by atoms with Gasteiger partial charge in [0, 0.05) is 10.6 Å². The molecule has 0 aliphatic carbocycles.